The largest absolute Gasteiger partial charge is 0.393 e. The van der Waals surface area contributed by atoms with Crippen LogP contribution in [0.4, 0.5) is 0 Å². The molecular formula is C14H24N2OS. The third kappa shape index (κ3) is 3.77. The third-order valence-corrected chi connectivity index (χ3v) is 4.53. The minimum Gasteiger partial charge on any atom is -0.393 e. The van der Waals surface area contributed by atoms with Crippen molar-refractivity contribution in [2.24, 2.45) is 5.92 Å². The maximum absolute atomic E-state index is 9.35. The molecule has 102 valence electrons. The Labute approximate surface area is 114 Å². The van der Waals surface area contributed by atoms with Gasteiger partial charge >= 0.3 is 0 Å². The fourth-order valence-electron chi connectivity index (χ4n) is 2.58. The number of likely N-dealkylation sites (tertiary alicyclic amines) is 1. The third-order valence-electron chi connectivity index (χ3n) is 3.61. The summed E-state index contributed by atoms with van der Waals surface area (Å²) in [4.78, 5) is 7.17. The molecule has 3 nitrogen and oxygen atoms in total. The van der Waals surface area contributed by atoms with E-state index in [4.69, 9.17) is 0 Å². The van der Waals surface area contributed by atoms with Crippen molar-refractivity contribution < 1.29 is 5.11 Å². The molecular weight excluding hydrogens is 244 g/mol. The Bertz CT molecular complexity index is 376. The topological polar surface area (TPSA) is 36.4 Å². The van der Waals surface area contributed by atoms with Gasteiger partial charge in [0.1, 0.15) is 0 Å². The summed E-state index contributed by atoms with van der Waals surface area (Å²) < 4.78 is 0. The van der Waals surface area contributed by atoms with Crippen LogP contribution in [0.2, 0.25) is 0 Å². The zero-order valence-electron chi connectivity index (χ0n) is 11.6. The van der Waals surface area contributed by atoms with Crippen LogP contribution in [0, 0.1) is 5.92 Å². The minimum atomic E-state index is -0.289. The second kappa shape index (κ2) is 6.13. The maximum Gasteiger partial charge on any atom is 0.0931 e. The molecule has 4 heteroatoms. The number of thiazole rings is 1. The highest BCUT2D eigenvalue weighted by Crippen LogP contribution is 2.24. The van der Waals surface area contributed by atoms with Crippen molar-refractivity contribution in [3.8, 4) is 0 Å². The van der Waals surface area contributed by atoms with Crippen LogP contribution in [-0.4, -0.2) is 40.2 Å². The van der Waals surface area contributed by atoms with Crippen LogP contribution in [0.3, 0.4) is 0 Å². The molecule has 1 aliphatic heterocycles. The smallest absolute Gasteiger partial charge is 0.0931 e. The first-order valence-corrected chi connectivity index (χ1v) is 7.78. The summed E-state index contributed by atoms with van der Waals surface area (Å²) in [5, 5.41) is 12.7. The molecule has 0 saturated carbocycles. The summed E-state index contributed by atoms with van der Waals surface area (Å²) in [6.07, 6.45) is 2.79. The molecule has 1 aromatic heterocycles. The molecule has 18 heavy (non-hydrogen) atoms. The molecule has 0 aromatic carbocycles. The van der Waals surface area contributed by atoms with Crippen LogP contribution in [-0.2, 0) is 12.8 Å². The van der Waals surface area contributed by atoms with Crippen LogP contribution in [0.5, 0.6) is 0 Å². The van der Waals surface area contributed by atoms with Crippen molar-refractivity contribution in [3.05, 3.63) is 16.1 Å². The van der Waals surface area contributed by atoms with Gasteiger partial charge in [-0.1, -0.05) is 0 Å². The molecule has 1 saturated heterocycles. The van der Waals surface area contributed by atoms with E-state index in [2.05, 4.69) is 29.1 Å². The number of aliphatic hydroxyl groups excluding tert-OH is 1. The van der Waals surface area contributed by atoms with Crippen LogP contribution in [0.1, 0.15) is 37.9 Å². The first kappa shape index (κ1) is 14.0. The Hall–Kier alpha value is -0.450. The van der Waals surface area contributed by atoms with Crippen molar-refractivity contribution in [2.75, 3.05) is 13.1 Å². The van der Waals surface area contributed by atoms with Crippen LogP contribution in [0.15, 0.2) is 5.38 Å². The van der Waals surface area contributed by atoms with Gasteiger partial charge in [0.15, 0.2) is 0 Å². The number of aromatic nitrogens is 1. The molecule has 2 rings (SSSR count). The van der Waals surface area contributed by atoms with E-state index >= 15 is 0 Å². The second-order valence-electron chi connectivity index (χ2n) is 5.73. The Morgan fingerprint density at radius 1 is 1.50 bits per heavy atom. The summed E-state index contributed by atoms with van der Waals surface area (Å²) in [6, 6.07) is 0.664. The Balaban J connectivity index is 1.85. The molecule has 0 amide bonds. The minimum absolute atomic E-state index is 0.289. The summed E-state index contributed by atoms with van der Waals surface area (Å²) >= 11 is 1.75. The molecule has 1 N–H and O–H groups in total. The van der Waals surface area contributed by atoms with Crippen LogP contribution < -0.4 is 0 Å². The van der Waals surface area contributed by atoms with Gasteiger partial charge in [-0.25, -0.2) is 4.98 Å². The Morgan fingerprint density at radius 2 is 2.28 bits per heavy atom. The fraction of sp³-hybridized carbons (Fsp3) is 0.786. The van der Waals surface area contributed by atoms with E-state index in [1.54, 1.807) is 11.3 Å². The van der Waals surface area contributed by atoms with Gasteiger partial charge in [0.2, 0.25) is 0 Å². The van der Waals surface area contributed by atoms with Gasteiger partial charge < -0.3 is 10.0 Å². The van der Waals surface area contributed by atoms with Gasteiger partial charge in [0.05, 0.1) is 16.8 Å². The molecule has 0 spiro atoms. The molecule has 2 heterocycles. The molecule has 2 atom stereocenters. The number of aliphatic hydroxyl groups is 1. The average molecular weight is 268 g/mol. The molecule has 0 bridgehead atoms. The first-order valence-electron chi connectivity index (χ1n) is 6.90. The second-order valence-corrected chi connectivity index (χ2v) is 6.68. The highest BCUT2D eigenvalue weighted by Gasteiger charge is 2.25. The SMILES string of the molecule is CC(O)Cc1csc(CC2CCN(C(C)C)C2)n1. The standard InChI is InChI=1S/C14H24N2OS/c1-10(2)16-5-4-12(8-16)7-14-15-13(9-18-14)6-11(3)17/h9-12,17H,4-8H2,1-3H3. The zero-order chi connectivity index (χ0) is 13.1. The van der Waals surface area contributed by atoms with E-state index in [-0.39, 0.29) is 6.10 Å². The fourth-order valence-corrected chi connectivity index (χ4v) is 3.51. The van der Waals surface area contributed by atoms with Crippen molar-refractivity contribution in [1.82, 2.24) is 9.88 Å². The first-order chi connectivity index (χ1) is 8.54. The number of nitrogens with zero attached hydrogens (tertiary/aromatic N) is 2. The Kier molecular flexibility index (Phi) is 4.76. The normalized spacial score (nSPS) is 22.8. The summed E-state index contributed by atoms with van der Waals surface area (Å²) in [5.41, 5.74) is 1.05. The van der Waals surface area contributed by atoms with E-state index in [1.165, 1.54) is 24.5 Å². The van der Waals surface area contributed by atoms with Gasteiger partial charge in [-0.3, -0.25) is 0 Å². The van der Waals surface area contributed by atoms with E-state index in [0.29, 0.717) is 12.5 Å². The van der Waals surface area contributed by atoms with Crippen molar-refractivity contribution >= 4 is 11.3 Å². The lowest BCUT2D eigenvalue weighted by molar-refractivity contribution is 0.194. The van der Waals surface area contributed by atoms with Crippen LogP contribution >= 0.6 is 11.3 Å². The molecule has 1 aliphatic rings. The van der Waals surface area contributed by atoms with Gasteiger partial charge in [0.25, 0.3) is 0 Å². The van der Waals surface area contributed by atoms with E-state index in [1.807, 2.05) is 6.92 Å². The summed E-state index contributed by atoms with van der Waals surface area (Å²) in [7, 11) is 0. The van der Waals surface area contributed by atoms with Crippen molar-refractivity contribution in [1.29, 1.82) is 0 Å². The predicted molar refractivity (Wildman–Crippen MR) is 76.0 cm³/mol. The van der Waals surface area contributed by atoms with Crippen LogP contribution in [0.25, 0.3) is 0 Å². The Morgan fingerprint density at radius 3 is 2.89 bits per heavy atom. The van der Waals surface area contributed by atoms with E-state index in [0.717, 1.165) is 18.0 Å². The number of hydrogen-bond acceptors (Lipinski definition) is 4. The van der Waals surface area contributed by atoms with E-state index in [9.17, 15) is 5.11 Å². The highest BCUT2D eigenvalue weighted by molar-refractivity contribution is 7.09. The quantitative estimate of drug-likeness (QED) is 0.890. The van der Waals surface area contributed by atoms with E-state index < -0.39 is 0 Å². The molecule has 2 unspecified atom stereocenters. The number of rotatable bonds is 5. The monoisotopic (exact) mass is 268 g/mol. The van der Waals surface area contributed by atoms with Crippen molar-refractivity contribution in [3.63, 3.8) is 0 Å². The van der Waals surface area contributed by atoms with Gasteiger partial charge in [-0.15, -0.1) is 11.3 Å². The lowest BCUT2D eigenvalue weighted by atomic mass is 10.1. The average Bonchev–Trinajstić information content (AvgIpc) is 2.88. The molecule has 0 aliphatic carbocycles. The van der Waals surface area contributed by atoms with Gasteiger partial charge in [-0.05, 0) is 39.7 Å². The lowest BCUT2D eigenvalue weighted by Gasteiger charge is -2.19. The molecule has 1 fully saturated rings. The highest BCUT2D eigenvalue weighted by atomic mass is 32.1. The zero-order valence-corrected chi connectivity index (χ0v) is 12.4. The molecule has 0 radical (unpaired) electrons. The summed E-state index contributed by atoms with van der Waals surface area (Å²) in [6.45, 7) is 8.80. The summed E-state index contributed by atoms with van der Waals surface area (Å²) in [5.74, 6) is 0.762. The maximum atomic E-state index is 9.35. The molecule has 1 aromatic rings. The van der Waals surface area contributed by atoms with Gasteiger partial charge in [-0.2, -0.15) is 0 Å². The van der Waals surface area contributed by atoms with Gasteiger partial charge in [0, 0.05) is 30.8 Å². The van der Waals surface area contributed by atoms with Crippen molar-refractivity contribution in [2.45, 2.75) is 52.2 Å². The lowest BCUT2D eigenvalue weighted by Crippen LogP contribution is -2.28. The number of hydrogen-bond donors (Lipinski definition) is 1. The predicted octanol–water partition coefficient (Wildman–Crippen LogP) is 2.34.